The first-order chi connectivity index (χ1) is 15.3. The Labute approximate surface area is 193 Å². The number of benzene rings is 2. The van der Waals surface area contributed by atoms with E-state index < -0.39 is 21.8 Å². The minimum absolute atomic E-state index is 0.0114. The number of fused-ring (bicyclic) bond motifs is 1. The molecule has 166 valence electrons. The van der Waals surface area contributed by atoms with Gasteiger partial charge in [-0.15, -0.1) is 11.3 Å². The fourth-order valence-corrected chi connectivity index (χ4v) is 5.84. The fourth-order valence-electron chi connectivity index (χ4n) is 3.32. The van der Waals surface area contributed by atoms with E-state index in [1.165, 1.54) is 51.6 Å². The summed E-state index contributed by atoms with van der Waals surface area (Å²) in [7, 11) is -3.80. The van der Waals surface area contributed by atoms with E-state index in [-0.39, 0.29) is 33.3 Å². The molecule has 1 aliphatic rings. The molecule has 3 N–H and O–H groups in total. The predicted molar refractivity (Wildman–Crippen MR) is 120 cm³/mol. The molecule has 0 saturated heterocycles. The largest absolute Gasteiger partial charge is 0.507 e. The molecule has 1 aliphatic heterocycles. The number of phenolic OH excluding ortho intramolecular Hbond substituents is 1. The molecular weight excluding hydrogens is 474 g/mol. The summed E-state index contributed by atoms with van der Waals surface area (Å²) in [5.41, 5.74) is 5.31. The Morgan fingerprint density at radius 3 is 2.66 bits per heavy atom. The third-order valence-electron chi connectivity index (χ3n) is 5.00. The zero-order chi connectivity index (χ0) is 22.9. The van der Waals surface area contributed by atoms with Gasteiger partial charge in [0.2, 0.25) is 10.0 Å². The number of sulfonamides is 1. The van der Waals surface area contributed by atoms with Crippen LogP contribution in [-0.4, -0.2) is 36.2 Å². The third kappa shape index (κ3) is 4.49. The number of rotatable bonds is 4. The van der Waals surface area contributed by atoms with Crippen molar-refractivity contribution in [3.05, 3.63) is 80.5 Å². The summed E-state index contributed by atoms with van der Waals surface area (Å²) >= 11 is 7.44. The first-order valence-corrected chi connectivity index (χ1v) is 12.2. The van der Waals surface area contributed by atoms with E-state index in [9.17, 15) is 23.1 Å². The Kier molecular flexibility index (Phi) is 6.20. The first kappa shape index (κ1) is 22.3. The Morgan fingerprint density at radius 1 is 1.06 bits per heavy atom. The van der Waals surface area contributed by atoms with Crippen molar-refractivity contribution in [2.75, 3.05) is 6.54 Å². The van der Waals surface area contributed by atoms with Gasteiger partial charge in [-0.3, -0.25) is 20.4 Å². The van der Waals surface area contributed by atoms with Gasteiger partial charge in [0.1, 0.15) is 5.75 Å². The van der Waals surface area contributed by atoms with E-state index in [0.717, 1.165) is 5.56 Å². The second-order valence-electron chi connectivity index (χ2n) is 7.06. The van der Waals surface area contributed by atoms with Crippen molar-refractivity contribution < 1.29 is 23.1 Å². The van der Waals surface area contributed by atoms with Crippen LogP contribution in [0.5, 0.6) is 5.75 Å². The van der Waals surface area contributed by atoms with Gasteiger partial charge in [-0.25, -0.2) is 8.42 Å². The van der Waals surface area contributed by atoms with Gasteiger partial charge in [0.15, 0.2) is 0 Å². The number of aromatic hydroxyl groups is 1. The van der Waals surface area contributed by atoms with Crippen LogP contribution in [0.4, 0.5) is 0 Å². The number of hydrogen-bond acceptors (Lipinski definition) is 6. The van der Waals surface area contributed by atoms with Crippen molar-refractivity contribution in [1.82, 2.24) is 15.2 Å². The third-order valence-corrected chi connectivity index (χ3v) is 8.10. The summed E-state index contributed by atoms with van der Waals surface area (Å²) in [4.78, 5) is 25.9. The average Bonchev–Trinajstić information content (AvgIpc) is 3.27. The van der Waals surface area contributed by atoms with Crippen LogP contribution in [0, 0.1) is 0 Å². The molecule has 11 heteroatoms. The molecule has 0 unspecified atom stereocenters. The normalized spacial score (nSPS) is 13.9. The van der Waals surface area contributed by atoms with Crippen LogP contribution in [0.2, 0.25) is 5.02 Å². The van der Waals surface area contributed by atoms with Crippen molar-refractivity contribution in [2.24, 2.45) is 0 Å². The fraction of sp³-hybridized carbons (Fsp3) is 0.143. The summed E-state index contributed by atoms with van der Waals surface area (Å²) in [5.74, 6) is -1.79. The maximum Gasteiger partial charge on any atom is 0.273 e. The summed E-state index contributed by atoms with van der Waals surface area (Å²) < 4.78 is 27.6. The topological polar surface area (TPSA) is 116 Å². The molecular formula is C21H18ClN3O5S2. The smallest absolute Gasteiger partial charge is 0.273 e. The van der Waals surface area contributed by atoms with E-state index in [0.29, 0.717) is 13.0 Å². The minimum Gasteiger partial charge on any atom is -0.507 e. The van der Waals surface area contributed by atoms with Crippen molar-refractivity contribution in [3.8, 4) is 5.75 Å². The predicted octanol–water partition coefficient (Wildman–Crippen LogP) is 2.93. The zero-order valence-electron chi connectivity index (χ0n) is 16.5. The van der Waals surface area contributed by atoms with Gasteiger partial charge in [0, 0.05) is 28.6 Å². The second-order valence-corrected chi connectivity index (χ2v) is 10.4. The molecule has 0 saturated carbocycles. The Hall–Kier alpha value is -2.92. The highest BCUT2D eigenvalue weighted by Crippen LogP contribution is 2.28. The number of hydrogen-bond donors (Lipinski definition) is 3. The van der Waals surface area contributed by atoms with E-state index in [2.05, 4.69) is 10.9 Å². The lowest BCUT2D eigenvalue weighted by Crippen LogP contribution is -2.41. The lowest BCUT2D eigenvalue weighted by Gasteiger charge is -2.26. The quantitative estimate of drug-likeness (QED) is 0.485. The standard InChI is InChI=1S/C21H18ClN3O5S2/c22-15-4-5-18(26)17(11-15)21(28)24-23-20(27)13-2-1-3-16(10-13)32(29,30)25-8-6-19-14(12-25)7-9-31-19/h1-5,7,9-11,26H,6,8,12H2,(H,23,27)(H,24,28). The van der Waals surface area contributed by atoms with Gasteiger partial charge in [-0.05, 0) is 59.8 Å². The highest BCUT2D eigenvalue weighted by molar-refractivity contribution is 7.89. The number of phenols is 1. The van der Waals surface area contributed by atoms with Crippen LogP contribution in [0.25, 0.3) is 0 Å². The van der Waals surface area contributed by atoms with Gasteiger partial charge in [-0.1, -0.05) is 17.7 Å². The number of carbonyl (C=O) groups excluding carboxylic acids is 2. The Bertz CT molecular complexity index is 1310. The van der Waals surface area contributed by atoms with Gasteiger partial charge < -0.3 is 5.11 Å². The van der Waals surface area contributed by atoms with Crippen LogP contribution in [0.15, 0.2) is 58.8 Å². The summed E-state index contributed by atoms with van der Waals surface area (Å²) in [5, 5.41) is 12.0. The molecule has 2 amide bonds. The molecule has 1 aromatic heterocycles. The van der Waals surface area contributed by atoms with Crippen molar-refractivity contribution in [1.29, 1.82) is 0 Å². The highest BCUT2D eigenvalue weighted by atomic mass is 35.5. The van der Waals surface area contributed by atoms with Crippen molar-refractivity contribution in [3.63, 3.8) is 0 Å². The van der Waals surface area contributed by atoms with Crippen LogP contribution < -0.4 is 10.9 Å². The lowest BCUT2D eigenvalue weighted by atomic mass is 10.1. The molecule has 0 bridgehead atoms. The first-order valence-electron chi connectivity index (χ1n) is 9.50. The maximum absolute atomic E-state index is 13.1. The SMILES string of the molecule is O=C(NNC(=O)c1cc(Cl)ccc1O)c1cccc(S(=O)(=O)N2CCc3sccc3C2)c1. The molecule has 3 aromatic rings. The Morgan fingerprint density at radius 2 is 1.84 bits per heavy atom. The second kappa shape index (κ2) is 8.91. The summed E-state index contributed by atoms with van der Waals surface area (Å²) in [6, 6.07) is 11.4. The number of thiophene rings is 1. The molecule has 0 aliphatic carbocycles. The molecule has 2 heterocycles. The van der Waals surface area contributed by atoms with E-state index >= 15 is 0 Å². The summed E-state index contributed by atoms with van der Waals surface area (Å²) in [6.45, 7) is 0.655. The van der Waals surface area contributed by atoms with Crippen LogP contribution in [0.3, 0.4) is 0 Å². The van der Waals surface area contributed by atoms with E-state index in [1.807, 2.05) is 11.4 Å². The molecule has 4 rings (SSSR count). The molecule has 0 atom stereocenters. The molecule has 8 nitrogen and oxygen atoms in total. The molecule has 0 radical (unpaired) electrons. The number of halogens is 1. The van der Waals surface area contributed by atoms with E-state index in [1.54, 1.807) is 11.3 Å². The number of nitrogens with one attached hydrogen (secondary N) is 2. The molecule has 32 heavy (non-hydrogen) atoms. The zero-order valence-corrected chi connectivity index (χ0v) is 18.9. The lowest BCUT2D eigenvalue weighted by molar-refractivity contribution is 0.0845. The minimum atomic E-state index is -3.80. The van der Waals surface area contributed by atoms with Gasteiger partial charge in [-0.2, -0.15) is 4.31 Å². The molecule has 2 aromatic carbocycles. The number of hydrazine groups is 1. The number of carbonyl (C=O) groups is 2. The van der Waals surface area contributed by atoms with Gasteiger partial charge in [0.25, 0.3) is 11.8 Å². The van der Waals surface area contributed by atoms with Crippen molar-refractivity contribution in [2.45, 2.75) is 17.9 Å². The van der Waals surface area contributed by atoms with Crippen LogP contribution >= 0.6 is 22.9 Å². The molecule has 0 spiro atoms. The van der Waals surface area contributed by atoms with Crippen molar-refractivity contribution >= 4 is 44.8 Å². The number of amides is 2. The monoisotopic (exact) mass is 491 g/mol. The number of nitrogens with zero attached hydrogens (tertiary/aromatic N) is 1. The van der Waals surface area contributed by atoms with Gasteiger partial charge in [0.05, 0.1) is 10.5 Å². The summed E-state index contributed by atoms with van der Waals surface area (Å²) in [6.07, 6.45) is 0.648. The van der Waals surface area contributed by atoms with Crippen LogP contribution in [-0.2, 0) is 23.0 Å². The van der Waals surface area contributed by atoms with Crippen LogP contribution in [0.1, 0.15) is 31.2 Å². The average molecular weight is 492 g/mol. The van der Waals surface area contributed by atoms with Gasteiger partial charge >= 0.3 is 0 Å². The highest BCUT2D eigenvalue weighted by Gasteiger charge is 2.29. The molecule has 0 fully saturated rings. The Balaban J connectivity index is 1.47. The maximum atomic E-state index is 13.1. The van der Waals surface area contributed by atoms with E-state index in [4.69, 9.17) is 11.6 Å².